The molecule has 0 atom stereocenters. The predicted octanol–water partition coefficient (Wildman–Crippen LogP) is 16.3. The van der Waals surface area contributed by atoms with E-state index in [0.717, 1.165) is 94.3 Å². The summed E-state index contributed by atoms with van der Waals surface area (Å²) in [7, 11) is 0. The van der Waals surface area contributed by atoms with Crippen molar-refractivity contribution in [3.05, 3.63) is 200 Å². The third kappa shape index (κ3) is 5.19. The van der Waals surface area contributed by atoms with Gasteiger partial charge in [0.15, 0.2) is 0 Å². The van der Waals surface area contributed by atoms with E-state index in [1.54, 1.807) is 0 Å². The van der Waals surface area contributed by atoms with Gasteiger partial charge in [-0.1, -0.05) is 133 Å². The topological polar surface area (TPSA) is 29.5 Å². The van der Waals surface area contributed by atoms with Gasteiger partial charge in [-0.25, -0.2) is 0 Å². The van der Waals surface area contributed by atoms with E-state index < -0.39 is 0 Å². The second kappa shape index (κ2) is 13.1. The van der Waals surface area contributed by atoms with E-state index >= 15 is 0 Å². The molecule has 12 aromatic rings. The van der Waals surface area contributed by atoms with E-state index in [1.165, 1.54) is 20.2 Å². The quantitative estimate of drug-likeness (QED) is 0.169. The number of benzene rings is 9. The molecular formula is C54H33NO2S. The molecule has 0 N–H and O–H groups in total. The molecule has 12 rings (SSSR count). The summed E-state index contributed by atoms with van der Waals surface area (Å²) >= 11 is 1.84. The zero-order chi connectivity index (χ0) is 38.2. The minimum atomic E-state index is 0.870. The molecule has 3 heterocycles. The lowest BCUT2D eigenvalue weighted by molar-refractivity contribution is 0.669. The number of fused-ring (bicyclic) bond motifs is 9. The van der Waals surface area contributed by atoms with Crippen molar-refractivity contribution in [1.82, 2.24) is 0 Å². The summed E-state index contributed by atoms with van der Waals surface area (Å²) in [5.41, 5.74) is 13.5. The van der Waals surface area contributed by atoms with Crippen LogP contribution in [-0.2, 0) is 0 Å². The zero-order valence-corrected chi connectivity index (χ0v) is 32.0. The highest BCUT2D eigenvalue weighted by atomic mass is 32.1. The van der Waals surface area contributed by atoms with Gasteiger partial charge < -0.3 is 13.7 Å². The Morgan fingerprint density at radius 1 is 0.345 bits per heavy atom. The molecule has 0 spiro atoms. The Morgan fingerprint density at radius 3 is 1.78 bits per heavy atom. The SMILES string of the molecule is c1ccc(-c2cccc3c2oc2ccc(-c4ccc(N(c5ccc6sc7ccccc7c6c5)c5ccc(-c6ccccc6)c6oc7ccccc7c56)cc4)cc23)cc1. The molecule has 0 bridgehead atoms. The fourth-order valence-electron chi connectivity index (χ4n) is 8.75. The maximum absolute atomic E-state index is 6.75. The molecule has 0 radical (unpaired) electrons. The number of rotatable bonds is 6. The Morgan fingerprint density at radius 2 is 0.966 bits per heavy atom. The van der Waals surface area contributed by atoms with Gasteiger partial charge in [0.2, 0.25) is 0 Å². The first-order chi connectivity index (χ1) is 28.7. The Labute approximate surface area is 338 Å². The predicted molar refractivity (Wildman–Crippen MR) is 245 cm³/mol. The summed E-state index contributed by atoms with van der Waals surface area (Å²) in [5.74, 6) is 0. The van der Waals surface area contributed by atoms with Gasteiger partial charge in [0.05, 0.1) is 11.1 Å². The van der Waals surface area contributed by atoms with Crippen LogP contribution in [0, 0.1) is 0 Å². The maximum atomic E-state index is 6.75. The second-order valence-corrected chi connectivity index (χ2v) is 15.9. The first-order valence-electron chi connectivity index (χ1n) is 19.6. The van der Waals surface area contributed by atoms with Gasteiger partial charge in [-0.3, -0.25) is 0 Å². The maximum Gasteiger partial charge on any atom is 0.145 e. The summed E-state index contributed by atoms with van der Waals surface area (Å²) in [6, 6.07) is 71.4. The number of furan rings is 2. The summed E-state index contributed by atoms with van der Waals surface area (Å²) in [6.45, 7) is 0. The van der Waals surface area contributed by atoms with E-state index in [2.05, 4.69) is 193 Å². The van der Waals surface area contributed by atoms with Crippen molar-refractivity contribution in [3.8, 4) is 33.4 Å². The average Bonchev–Trinajstić information content (AvgIpc) is 3.99. The van der Waals surface area contributed by atoms with Crippen LogP contribution in [0.1, 0.15) is 0 Å². The van der Waals surface area contributed by atoms with Crippen molar-refractivity contribution in [2.45, 2.75) is 0 Å². The molecule has 0 unspecified atom stereocenters. The Balaban J connectivity index is 1.03. The van der Waals surface area contributed by atoms with E-state index in [9.17, 15) is 0 Å². The largest absolute Gasteiger partial charge is 0.455 e. The average molecular weight is 760 g/mol. The highest BCUT2D eigenvalue weighted by Gasteiger charge is 2.23. The van der Waals surface area contributed by atoms with Gasteiger partial charge in [-0.2, -0.15) is 0 Å². The molecule has 0 aliphatic heterocycles. The molecule has 58 heavy (non-hydrogen) atoms. The molecule has 0 amide bonds. The summed E-state index contributed by atoms with van der Waals surface area (Å²) in [6.07, 6.45) is 0. The Hall–Kier alpha value is -7.40. The standard InChI is InChI=1S/C54H33NO2S/c1-3-12-35(13-4-1)40-18-11-19-43-45-32-37(24-30-49(45)56-53(40)43)34-22-25-38(26-23-34)55(39-27-31-51-46(33-39)42-16-8-10-21-50(42)58-51)47-29-28-41(36-14-5-2-6-15-36)54-52(47)44-17-7-9-20-48(44)57-54/h1-33H. The molecule has 4 heteroatoms. The number of para-hydroxylation sites is 2. The molecule has 0 aliphatic carbocycles. The normalized spacial score (nSPS) is 11.8. The molecule has 0 saturated heterocycles. The van der Waals surface area contributed by atoms with Crippen molar-refractivity contribution in [1.29, 1.82) is 0 Å². The minimum Gasteiger partial charge on any atom is -0.455 e. The molecule has 3 nitrogen and oxygen atoms in total. The lowest BCUT2D eigenvalue weighted by Crippen LogP contribution is -2.10. The Bertz CT molecular complexity index is 3500. The van der Waals surface area contributed by atoms with Crippen molar-refractivity contribution in [2.24, 2.45) is 0 Å². The van der Waals surface area contributed by atoms with Gasteiger partial charge in [0.25, 0.3) is 0 Å². The molecular weight excluding hydrogens is 727 g/mol. The van der Waals surface area contributed by atoms with Crippen LogP contribution in [0.5, 0.6) is 0 Å². The number of anilines is 3. The number of hydrogen-bond donors (Lipinski definition) is 0. The van der Waals surface area contributed by atoms with Crippen molar-refractivity contribution in [3.63, 3.8) is 0 Å². The first-order valence-corrected chi connectivity index (χ1v) is 20.4. The van der Waals surface area contributed by atoms with Crippen LogP contribution in [0.15, 0.2) is 209 Å². The fourth-order valence-corrected chi connectivity index (χ4v) is 9.83. The Kier molecular flexibility index (Phi) is 7.40. The van der Waals surface area contributed by atoms with Crippen molar-refractivity contribution in [2.75, 3.05) is 4.90 Å². The van der Waals surface area contributed by atoms with Crippen molar-refractivity contribution < 1.29 is 8.83 Å². The van der Waals surface area contributed by atoms with Crippen molar-refractivity contribution >= 4 is 92.4 Å². The van der Waals surface area contributed by atoms with E-state index in [1.807, 2.05) is 23.5 Å². The second-order valence-electron chi connectivity index (χ2n) is 14.8. The van der Waals surface area contributed by atoms with E-state index in [0.29, 0.717) is 0 Å². The highest BCUT2D eigenvalue weighted by molar-refractivity contribution is 7.25. The molecule has 0 aliphatic rings. The zero-order valence-electron chi connectivity index (χ0n) is 31.2. The summed E-state index contributed by atoms with van der Waals surface area (Å²) < 4.78 is 15.8. The van der Waals surface area contributed by atoms with Crippen LogP contribution in [-0.4, -0.2) is 0 Å². The van der Waals surface area contributed by atoms with Gasteiger partial charge in [0.1, 0.15) is 22.3 Å². The third-order valence-corrected chi connectivity index (χ3v) is 12.6. The monoisotopic (exact) mass is 759 g/mol. The lowest BCUT2D eigenvalue weighted by Gasteiger charge is -2.27. The van der Waals surface area contributed by atoms with Crippen LogP contribution in [0.4, 0.5) is 17.1 Å². The summed E-state index contributed by atoms with van der Waals surface area (Å²) in [4.78, 5) is 2.40. The number of nitrogens with zero attached hydrogens (tertiary/aromatic N) is 1. The van der Waals surface area contributed by atoms with Gasteiger partial charge in [-0.15, -0.1) is 11.3 Å². The molecule has 0 fully saturated rings. The molecule has 3 aromatic heterocycles. The number of hydrogen-bond acceptors (Lipinski definition) is 4. The van der Waals surface area contributed by atoms with Gasteiger partial charge in [0, 0.05) is 58.8 Å². The number of thiophene rings is 1. The van der Waals surface area contributed by atoms with Crippen LogP contribution < -0.4 is 4.90 Å². The minimum absolute atomic E-state index is 0.870. The van der Waals surface area contributed by atoms with E-state index in [-0.39, 0.29) is 0 Å². The van der Waals surface area contributed by atoms with Gasteiger partial charge >= 0.3 is 0 Å². The van der Waals surface area contributed by atoms with E-state index in [4.69, 9.17) is 8.83 Å². The third-order valence-electron chi connectivity index (χ3n) is 11.5. The fraction of sp³-hybridized carbons (Fsp3) is 0. The highest BCUT2D eigenvalue weighted by Crippen LogP contribution is 2.48. The van der Waals surface area contributed by atoms with Crippen LogP contribution in [0.25, 0.3) is 97.4 Å². The molecule has 272 valence electrons. The summed E-state index contributed by atoms with van der Waals surface area (Å²) in [5, 5.41) is 6.93. The molecule has 9 aromatic carbocycles. The van der Waals surface area contributed by atoms with Crippen LogP contribution in [0.3, 0.4) is 0 Å². The van der Waals surface area contributed by atoms with Crippen LogP contribution in [0.2, 0.25) is 0 Å². The van der Waals surface area contributed by atoms with Crippen LogP contribution >= 0.6 is 11.3 Å². The smallest absolute Gasteiger partial charge is 0.145 e. The molecule has 0 saturated carbocycles. The first kappa shape index (κ1) is 32.8. The lowest BCUT2D eigenvalue weighted by atomic mass is 9.99. The van der Waals surface area contributed by atoms with Gasteiger partial charge in [-0.05, 0) is 89.0 Å².